The molecule has 0 saturated heterocycles. The van der Waals surface area contributed by atoms with Gasteiger partial charge < -0.3 is 14.2 Å². The number of carbonyl (C=O) groups is 2. The monoisotopic (exact) mass is 515 g/mol. The van der Waals surface area contributed by atoms with Gasteiger partial charge >= 0.3 is 0 Å². The molecule has 148 valence electrons. The van der Waals surface area contributed by atoms with E-state index < -0.39 is 11.8 Å². The van der Waals surface area contributed by atoms with Gasteiger partial charge in [0.05, 0.1) is 17.8 Å². The molecule has 0 unspecified atom stereocenters. The molecular weight excluding hydrogens is 497 g/mol. The van der Waals surface area contributed by atoms with E-state index in [0.717, 1.165) is 3.57 Å². The average Bonchev–Trinajstić information content (AvgIpc) is 2.70. The highest BCUT2D eigenvalue weighted by atomic mass is 127. The Bertz CT molecular complexity index is 878. The molecule has 0 atom stereocenters. The predicted octanol–water partition coefficient (Wildman–Crippen LogP) is 2.02. The third-order valence-corrected chi connectivity index (χ3v) is 4.43. The van der Waals surface area contributed by atoms with Gasteiger partial charge in [0.1, 0.15) is 5.75 Å². The molecule has 0 aliphatic rings. The fourth-order valence-corrected chi connectivity index (χ4v) is 2.97. The van der Waals surface area contributed by atoms with Gasteiger partial charge in [-0.15, -0.1) is 0 Å². The van der Waals surface area contributed by atoms with Crippen molar-refractivity contribution in [3.63, 3.8) is 0 Å². The molecule has 0 radical (unpaired) electrons. The summed E-state index contributed by atoms with van der Waals surface area (Å²) in [5, 5.41) is 2.34. The van der Waals surface area contributed by atoms with Gasteiger partial charge in [-0.25, -0.2) is 0 Å². The molecule has 0 fully saturated rings. The van der Waals surface area contributed by atoms with E-state index in [9.17, 15) is 9.59 Å². The number of thiocarbonyl (C=S) groups is 1. The highest BCUT2D eigenvalue weighted by Crippen LogP contribution is 2.25. The molecule has 2 rings (SSSR count). The maximum Gasteiger partial charge on any atom is 0.269 e. The summed E-state index contributed by atoms with van der Waals surface area (Å²) in [6, 6.07) is 11.9. The average molecular weight is 515 g/mol. The Morgan fingerprint density at radius 1 is 1.00 bits per heavy atom. The summed E-state index contributed by atoms with van der Waals surface area (Å²) in [4.78, 5) is 24.1. The first-order chi connectivity index (χ1) is 13.4. The number of hydrogen-bond acceptors (Lipinski definition) is 6. The van der Waals surface area contributed by atoms with E-state index in [4.69, 9.17) is 26.4 Å². The largest absolute Gasteiger partial charge is 0.496 e. The summed E-state index contributed by atoms with van der Waals surface area (Å²) >= 11 is 7.05. The number of halogens is 1. The number of nitrogens with one attached hydrogen (secondary N) is 3. The molecule has 0 saturated carbocycles. The number of hydrazine groups is 1. The lowest BCUT2D eigenvalue weighted by Gasteiger charge is -2.13. The van der Waals surface area contributed by atoms with Crippen LogP contribution in [0.5, 0.6) is 17.2 Å². The maximum atomic E-state index is 12.1. The van der Waals surface area contributed by atoms with Gasteiger partial charge in [0.2, 0.25) is 0 Å². The van der Waals surface area contributed by atoms with E-state index in [1.54, 1.807) is 49.6 Å². The van der Waals surface area contributed by atoms with Crippen LogP contribution in [0.1, 0.15) is 10.4 Å². The number of rotatable bonds is 6. The molecule has 0 aliphatic carbocycles. The Hall–Kier alpha value is -2.60. The minimum absolute atomic E-state index is 0.0646. The number of carbonyl (C=O) groups excluding carboxylic acids is 2. The highest BCUT2D eigenvalue weighted by molar-refractivity contribution is 14.1. The molecule has 2 aromatic carbocycles. The second-order valence-electron chi connectivity index (χ2n) is 5.25. The van der Waals surface area contributed by atoms with Crippen LogP contribution in [0, 0.1) is 3.57 Å². The summed E-state index contributed by atoms with van der Waals surface area (Å²) in [6.45, 7) is -0.271. The van der Waals surface area contributed by atoms with Crippen LogP contribution in [-0.4, -0.2) is 37.8 Å². The molecule has 0 spiro atoms. The zero-order chi connectivity index (χ0) is 20.5. The van der Waals surface area contributed by atoms with Crippen LogP contribution in [-0.2, 0) is 4.79 Å². The second-order valence-corrected chi connectivity index (χ2v) is 6.82. The third-order valence-electron chi connectivity index (χ3n) is 3.38. The van der Waals surface area contributed by atoms with E-state index in [1.807, 2.05) is 0 Å². The van der Waals surface area contributed by atoms with Crippen LogP contribution in [0.4, 0.5) is 0 Å². The van der Waals surface area contributed by atoms with Crippen LogP contribution in [0.15, 0.2) is 42.5 Å². The summed E-state index contributed by atoms with van der Waals surface area (Å²) in [5.74, 6) is 0.709. The molecule has 2 aromatic rings. The van der Waals surface area contributed by atoms with E-state index >= 15 is 0 Å². The van der Waals surface area contributed by atoms with Crippen molar-refractivity contribution in [1.82, 2.24) is 16.2 Å². The third kappa shape index (κ3) is 6.23. The van der Waals surface area contributed by atoms with Gasteiger partial charge in [-0.3, -0.25) is 25.8 Å². The minimum atomic E-state index is -0.489. The van der Waals surface area contributed by atoms with Crippen LogP contribution >= 0.6 is 34.8 Å². The molecule has 0 heterocycles. The molecular formula is C18H18IN3O5S. The standard InChI is InChI=1S/C18H18IN3O5S/c1-25-13-8-7-11(9-12(13)19)17(24)21-22-18(28)20-16(23)10-27-15-6-4-3-5-14(15)26-2/h3-9H,10H2,1-2H3,(H,21,24)(H2,20,22,23,28). The number of methoxy groups -OCH3 is 2. The van der Waals surface area contributed by atoms with Crippen LogP contribution in [0.3, 0.4) is 0 Å². The minimum Gasteiger partial charge on any atom is -0.496 e. The van der Waals surface area contributed by atoms with Crippen molar-refractivity contribution in [2.24, 2.45) is 0 Å². The number of benzene rings is 2. The molecule has 8 nitrogen and oxygen atoms in total. The van der Waals surface area contributed by atoms with Crippen molar-refractivity contribution in [2.45, 2.75) is 0 Å². The van der Waals surface area contributed by atoms with Gasteiger partial charge in [-0.05, 0) is 65.1 Å². The van der Waals surface area contributed by atoms with Gasteiger partial charge in [0.25, 0.3) is 11.8 Å². The lowest BCUT2D eigenvalue weighted by molar-refractivity contribution is -0.121. The Morgan fingerprint density at radius 2 is 1.68 bits per heavy atom. The van der Waals surface area contributed by atoms with Gasteiger partial charge in [-0.2, -0.15) is 0 Å². The Balaban J connectivity index is 1.79. The smallest absolute Gasteiger partial charge is 0.269 e. The van der Waals surface area contributed by atoms with Crippen molar-refractivity contribution in [3.05, 3.63) is 51.6 Å². The van der Waals surface area contributed by atoms with E-state index in [1.165, 1.54) is 7.11 Å². The van der Waals surface area contributed by atoms with Crippen LogP contribution in [0.2, 0.25) is 0 Å². The number of amides is 2. The number of hydrogen-bond donors (Lipinski definition) is 3. The predicted molar refractivity (Wildman–Crippen MR) is 116 cm³/mol. The Labute approximate surface area is 181 Å². The van der Waals surface area contributed by atoms with E-state index in [0.29, 0.717) is 22.8 Å². The lowest BCUT2D eigenvalue weighted by Crippen LogP contribution is -2.49. The summed E-state index contributed by atoms with van der Waals surface area (Å²) in [5.41, 5.74) is 5.29. The SMILES string of the molecule is COc1ccc(C(=O)NNC(=S)NC(=O)COc2ccccc2OC)cc1I. The van der Waals surface area contributed by atoms with Crippen molar-refractivity contribution < 1.29 is 23.8 Å². The number of ether oxygens (including phenoxy) is 3. The lowest BCUT2D eigenvalue weighted by atomic mass is 10.2. The first-order valence-corrected chi connectivity index (χ1v) is 9.42. The second kappa shape index (κ2) is 10.7. The summed E-state index contributed by atoms with van der Waals surface area (Å²) in [6.07, 6.45) is 0. The zero-order valence-electron chi connectivity index (χ0n) is 15.1. The molecule has 0 aromatic heterocycles. The highest BCUT2D eigenvalue weighted by Gasteiger charge is 2.11. The quantitative estimate of drug-likeness (QED) is 0.308. The first-order valence-electron chi connectivity index (χ1n) is 7.94. The normalized spacial score (nSPS) is 9.82. The fourth-order valence-electron chi connectivity index (χ4n) is 2.07. The van der Waals surface area contributed by atoms with E-state index in [-0.39, 0.29) is 11.7 Å². The molecule has 28 heavy (non-hydrogen) atoms. The van der Waals surface area contributed by atoms with Gasteiger partial charge in [-0.1, -0.05) is 12.1 Å². The zero-order valence-corrected chi connectivity index (χ0v) is 18.1. The Morgan fingerprint density at radius 3 is 2.32 bits per heavy atom. The fraction of sp³-hybridized carbons (Fsp3) is 0.167. The van der Waals surface area contributed by atoms with Crippen molar-refractivity contribution in [3.8, 4) is 17.2 Å². The molecule has 0 bridgehead atoms. The van der Waals surface area contributed by atoms with E-state index in [2.05, 4.69) is 38.8 Å². The molecule has 3 N–H and O–H groups in total. The van der Waals surface area contributed by atoms with Crippen molar-refractivity contribution in [1.29, 1.82) is 0 Å². The van der Waals surface area contributed by atoms with Crippen molar-refractivity contribution >= 4 is 51.7 Å². The van der Waals surface area contributed by atoms with Gasteiger partial charge in [0, 0.05) is 5.56 Å². The van der Waals surface area contributed by atoms with Crippen LogP contribution < -0.4 is 30.4 Å². The van der Waals surface area contributed by atoms with Crippen LogP contribution in [0.25, 0.3) is 0 Å². The maximum absolute atomic E-state index is 12.1. The summed E-state index contributed by atoms with van der Waals surface area (Å²) in [7, 11) is 3.06. The van der Waals surface area contributed by atoms with Crippen molar-refractivity contribution in [2.75, 3.05) is 20.8 Å². The molecule has 10 heteroatoms. The Kier molecular flexibility index (Phi) is 8.26. The number of para-hydroxylation sites is 2. The topological polar surface area (TPSA) is 97.9 Å². The molecule has 0 aliphatic heterocycles. The molecule has 2 amide bonds. The summed E-state index contributed by atoms with van der Waals surface area (Å²) < 4.78 is 16.5. The first kappa shape index (κ1) is 21.7. The van der Waals surface area contributed by atoms with Gasteiger partial charge in [0.15, 0.2) is 23.2 Å².